The normalized spacial score (nSPS) is 10.0. The predicted molar refractivity (Wildman–Crippen MR) is 52.0 cm³/mol. The van der Waals surface area contributed by atoms with Crippen molar-refractivity contribution in [2.45, 2.75) is 6.92 Å². The molecule has 0 aliphatic rings. The van der Waals surface area contributed by atoms with Crippen molar-refractivity contribution in [1.82, 2.24) is 15.3 Å². The molecule has 0 amide bonds. The third-order valence-corrected chi connectivity index (χ3v) is 1.54. The SMILES string of the molecule is CNCCNc1cc(=O)[nH]c(C)n1. The van der Waals surface area contributed by atoms with E-state index in [-0.39, 0.29) is 5.56 Å². The lowest BCUT2D eigenvalue weighted by Gasteiger charge is -2.04. The highest BCUT2D eigenvalue weighted by molar-refractivity contribution is 5.32. The fraction of sp³-hybridized carbons (Fsp3) is 0.500. The number of aryl methyl sites for hydroxylation is 1. The van der Waals surface area contributed by atoms with Crippen molar-refractivity contribution in [3.8, 4) is 0 Å². The Labute approximate surface area is 76.6 Å². The van der Waals surface area contributed by atoms with Crippen LogP contribution in [0.5, 0.6) is 0 Å². The Morgan fingerprint density at radius 1 is 1.54 bits per heavy atom. The van der Waals surface area contributed by atoms with E-state index in [1.165, 1.54) is 6.07 Å². The van der Waals surface area contributed by atoms with E-state index in [0.717, 1.165) is 13.1 Å². The molecule has 1 aromatic heterocycles. The molecule has 0 aliphatic carbocycles. The third kappa shape index (κ3) is 3.25. The van der Waals surface area contributed by atoms with Crippen molar-refractivity contribution in [3.63, 3.8) is 0 Å². The van der Waals surface area contributed by atoms with Crippen molar-refractivity contribution in [2.75, 3.05) is 25.5 Å². The number of hydrogen-bond donors (Lipinski definition) is 3. The van der Waals surface area contributed by atoms with Crippen LogP contribution >= 0.6 is 0 Å². The van der Waals surface area contributed by atoms with E-state index in [9.17, 15) is 4.79 Å². The highest BCUT2D eigenvalue weighted by Gasteiger charge is 1.95. The van der Waals surface area contributed by atoms with Crippen LogP contribution < -0.4 is 16.2 Å². The van der Waals surface area contributed by atoms with E-state index in [4.69, 9.17) is 0 Å². The van der Waals surface area contributed by atoms with E-state index in [1.807, 2.05) is 7.05 Å². The van der Waals surface area contributed by atoms with E-state index in [2.05, 4.69) is 20.6 Å². The maximum absolute atomic E-state index is 11.0. The second-order valence-corrected chi connectivity index (χ2v) is 2.75. The lowest BCUT2D eigenvalue weighted by molar-refractivity contribution is 0.819. The largest absolute Gasteiger partial charge is 0.369 e. The topological polar surface area (TPSA) is 69.8 Å². The minimum Gasteiger partial charge on any atom is -0.369 e. The molecule has 0 radical (unpaired) electrons. The Morgan fingerprint density at radius 3 is 2.92 bits per heavy atom. The summed E-state index contributed by atoms with van der Waals surface area (Å²) < 4.78 is 0. The van der Waals surface area contributed by atoms with E-state index < -0.39 is 0 Å². The maximum Gasteiger partial charge on any atom is 0.252 e. The van der Waals surface area contributed by atoms with Crippen LogP contribution in [0.15, 0.2) is 10.9 Å². The van der Waals surface area contributed by atoms with Gasteiger partial charge in [-0.2, -0.15) is 0 Å². The van der Waals surface area contributed by atoms with Crippen LogP contribution in [0.4, 0.5) is 5.82 Å². The molecule has 0 bridgehead atoms. The fourth-order valence-corrected chi connectivity index (χ4v) is 0.986. The Bertz CT molecular complexity index is 320. The van der Waals surface area contributed by atoms with Crippen LogP contribution in [0.25, 0.3) is 0 Å². The van der Waals surface area contributed by atoms with E-state index in [1.54, 1.807) is 6.92 Å². The molecule has 5 heteroatoms. The molecule has 0 aromatic carbocycles. The third-order valence-electron chi connectivity index (χ3n) is 1.54. The molecule has 72 valence electrons. The molecule has 1 heterocycles. The van der Waals surface area contributed by atoms with Crippen LogP contribution in [-0.2, 0) is 0 Å². The summed E-state index contributed by atoms with van der Waals surface area (Å²) in [6.45, 7) is 3.35. The first kappa shape index (κ1) is 9.73. The minimum absolute atomic E-state index is 0.126. The highest BCUT2D eigenvalue weighted by Crippen LogP contribution is 1.95. The summed E-state index contributed by atoms with van der Waals surface area (Å²) >= 11 is 0. The molecule has 1 aromatic rings. The van der Waals surface area contributed by atoms with Gasteiger partial charge in [0.05, 0.1) is 0 Å². The molecule has 1 rings (SSSR count). The monoisotopic (exact) mass is 182 g/mol. The molecule has 13 heavy (non-hydrogen) atoms. The first-order valence-electron chi connectivity index (χ1n) is 4.19. The van der Waals surface area contributed by atoms with Crippen LogP contribution in [0.1, 0.15) is 5.82 Å². The van der Waals surface area contributed by atoms with Gasteiger partial charge < -0.3 is 15.6 Å². The zero-order chi connectivity index (χ0) is 9.68. The lowest BCUT2D eigenvalue weighted by Crippen LogP contribution is -2.20. The van der Waals surface area contributed by atoms with Gasteiger partial charge in [-0.15, -0.1) is 0 Å². The van der Waals surface area contributed by atoms with Gasteiger partial charge in [-0.25, -0.2) is 4.98 Å². The van der Waals surface area contributed by atoms with Gasteiger partial charge in [-0.3, -0.25) is 4.79 Å². The minimum atomic E-state index is -0.126. The molecule has 3 N–H and O–H groups in total. The van der Waals surface area contributed by atoms with Gasteiger partial charge in [0.2, 0.25) is 0 Å². The molecule has 0 saturated carbocycles. The van der Waals surface area contributed by atoms with Crippen LogP contribution in [0.3, 0.4) is 0 Å². The zero-order valence-electron chi connectivity index (χ0n) is 7.85. The second kappa shape index (κ2) is 4.61. The van der Waals surface area contributed by atoms with Gasteiger partial charge in [0.25, 0.3) is 5.56 Å². The van der Waals surface area contributed by atoms with Crippen molar-refractivity contribution < 1.29 is 0 Å². The summed E-state index contributed by atoms with van der Waals surface area (Å²) in [4.78, 5) is 17.7. The maximum atomic E-state index is 11.0. The number of nitrogens with zero attached hydrogens (tertiary/aromatic N) is 1. The summed E-state index contributed by atoms with van der Waals surface area (Å²) in [7, 11) is 1.87. The molecule has 0 atom stereocenters. The Kier molecular flexibility index (Phi) is 3.45. The van der Waals surface area contributed by atoms with Gasteiger partial charge in [-0.05, 0) is 14.0 Å². The summed E-state index contributed by atoms with van der Waals surface area (Å²) in [6.07, 6.45) is 0. The first-order chi connectivity index (χ1) is 6.22. The fourth-order valence-electron chi connectivity index (χ4n) is 0.986. The van der Waals surface area contributed by atoms with Crippen LogP contribution in [0, 0.1) is 6.92 Å². The van der Waals surface area contributed by atoms with Gasteiger partial charge in [0.1, 0.15) is 11.6 Å². The van der Waals surface area contributed by atoms with Crippen LogP contribution in [-0.4, -0.2) is 30.1 Å². The number of H-pyrrole nitrogens is 1. The van der Waals surface area contributed by atoms with Crippen molar-refractivity contribution >= 4 is 5.82 Å². The molecule has 5 nitrogen and oxygen atoms in total. The number of aromatic amines is 1. The quantitative estimate of drug-likeness (QED) is 0.560. The number of likely N-dealkylation sites (N-methyl/N-ethyl adjacent to an activating group) is 1. The van der Waals surface area contributed by atoms with E-state index >= 15 is 0 Å². The van der Waals surface area contributed by atoms with Crippen LogP contribution in [0.2, 0.25) is 0 Å². The molecule has 0 fully saturated rings. The summed E-state index contributed by atoms with van der Waals surface area (Å²) in [6, 6.07) is 1.45. The summed E-state index contributed by atoms with van der Waals surface area (Å²) in [5.41, 5.74) is -0.126. The van der Waals surface area contributed by atoms with Gasteiger partial charge in [0.15, 0.2) is 0 Å². The second-order valence-electron chi connectivity index (χ2n) is 2.75. The predicted octanol–water partition coefficient (Wildman–Crippen LogP) is -0.290. The van der Waals surface area contributed by atoms with Crippen molar-refractivity contribution in [1.29, 1.82) is 0 Å². The Hall–Kier alpha value is -1.36. The highest BCUT2D eigenvalue weighted by atomic mass is 16.1. The summed E-state index contributed by atoms with van der Waals surface area (Å²) in [5, 5.41) is 6.02. The smallest absolute Gasteiger partial charge is 0.252 e. The average Bonchev–Trinajstić information content (AvgIpc) is 2.03. The number of nitrogens with one attached hydrogen (secondary N) is 3. The Morgan fingerprint density at radius 2 is 2.31 bits per heavy atom. The zero-order valence-corrected chi connectivity index (χ0v) is 7.85. The molecular weight excluding hydrogens is 168 g/mol. The molecule has 0 unspecified atom stereocenters. The van der Waals surface area contributed by atoms with Gasteiger partial charge in [0, 0.05) is 19.2 Å². The number of rotatable bonds is 4. The average molecular weight is 182 g/mol. The standard InChI is InChI=1S/C8H14N4O/c1-6-11-7(5-8(13)12-6)10-4-3-9-2/h5,9H,3-4H2,1-2H3,(H2,10,11,12,13). The number of aromatic nitrogens is 2. The van der Waals surface area contributed by atoms with Gasteiger partial charge >= 0.3 is 0 Å². The van der Waals surface area contributed by atoms with Crippen molar-refractivity contribution in [2.24, 2.45) is 0 Å². The Balaban J connectivity index is 2.61. The first-order valence-corrected chi connectivity index (χ1v) is 4.19. The molecule has 0 aliphatic heterocycles. The molecule has 0 spiro atoms. The summed E-state index contributed by atoms with van der Waals surface area (Å²) in [5.74, 6) is 1.25. The number of anilines is 1. The molecule has 0 saturated heterocycles. The van der Waals surface area contributed by atoms with E-state index in [0.29, 0.717) is 11.6 Å². The van der Waals surface area contributed by atoms with Crippen molar-refractivity contribution in [3.05, 3.63) is 22.2 Å². The lowest BCUT2D eigenvalue weighted by atomic mass is 10.5. The van der Waals surface area contributed by atoms with Gasteiger partial charge in [-0.1, -0.05) is 0 Å². The number of hydrogen-bond acceptors (Lipinski definition) is 4. The molecular formula is C8H14N4O.